The van der Waals surface area contributed by atoms with Crippen molar-refractivity contribution in [2.24, 2.45) is 0 Å². The van der Waals surface area contributed by atoms with Gasteiger partial charge in [-0.05, 0) is 17.7 Å². The van der Waals surface area contributed by atoms with Gasteiger partial charge >= 0.3 is 0 Å². The first-order valence-electron chi connectivity index (χ1n) is 7.60. The number of aromatic nitrogens is 3. The minimum atomic E-state index is -0.284. The summed E-state index contributed by atoms with van der Waals surface area (Å²) in [5, 5.41) is 8.14. The molecule has 0 fully saturated rings. The fourth-order valence-electron chi connectivity index (χ4n) is 2.80. The van der Waals surface area contributed by atoms with Gasteiger partial charge in [-0.3, -0.25) is 14.5 Å². The number of rotatable bonds is 4. The van der Waals surface area contributed by atoms with E-state index >= 15 is 0 Å². The second-order valence-electron chi connectivity index (χ2n) is 5.64. The average Bonchev–Trinajstić information content (AvgIpc) is 3.15. The van der Waals surface area contributed by atoms with Crippen LogP contribution < -0.4 is 0 Å². The molecular formula is C18H14N4O2. The van der Waals surface area contributed by atoms with Crippen LogP contribution in [-0.2, 0) is 13.1 Å². The topological polar surface area (TPSA) is 68.1 Å². The number of benzene rings is 2. The van der Waals surface area contributed by atoms with Crippen LogP contribution in [-0.4, -0.2) is 31.7 Å². The van der Waals surface area contributed by atoms with Crippen molar-refractivity contribution in [3.8, 4) is 0 Å². The second kappa shape index (κ2) is 5.73. The van der Waals surface area contributed by atoms with E-state index in [9.17, 15) is 9.59 Å². The molecule has 6 heteroatoms. The van der Waals surface area contributed by atoms with Crippen LogP contribution in [0.15, 0.2) is 60.8 Å². The Morgan fingerprint density at radius 2 is 1.42 bits per heavy atom. The van der Waals surface area contributed by atoms with Crippen molar-refractivity contribution >= 4 is 11.8 Å². The molecule has 1 aliphatic heterocycles. The minimum Gasteiger partial charge on any atom is -0.269 e. The first kappa shape index (κ1) is 14.3. The highest BCUT2D eigenvalue weighted by Crippen LogP contribution is 2.23. The number of imide groups is 1. The van der Waals surface area contributed by atoms with Gasteiger partial charge in [0.1, 0.15) is 5.69 Å². The summed E-state index contributed by atoms with van der Waals surface area (Å²) in [5.74, 6) is -0.568. The number of nitrogens with zero attached hydrogens (tertiary/aromatic N) is 4. The molecule has 0 saturated heterocycles. The smallest absolute Gasteiger partial charge is 0.261 e. The molecule has 118 valence electrons. The molecule has 4 rings (SSSR count). The molecule has 0 spiro atoms. The van der Waals surface area contributed by atoms with E-state index in [4.69, 9.17) is 0 Å². The molecular weight excluding hydrogens is 304 g/mol. The van der Waals surface area contributed by atoms with Gasteiger partial charge in [0.25, 0.3) is 11.8 Å². The third-order valence-electron chi connectivity index (χ3n) is 3.97. The lowest BCUT2D eigenvalue weighted by Crippen LogP contribution is -2.29. The molecule has 0 radical (unpaired) electrons. The number of carbonyl (C=O) groups is 2. The Bertz CT molecular complexity index is 883. The molecule has 1 aromatic heterocycles. The van der Waals surface area contributed by atoms with E-state index in [1.165, 1.54) is 4.90 Å². The quantitative estimate of drug-likeness (QED) is 0.691. The number of hydrogen-bond donors (Lipinski definition) is 0. The normalized spacial score (nSPS) is 13.4. The molecule has 2 heterocycles. The summed E-state index contributed by atoms with van der Waals surface area (Å²) < 4.78 is 1.70. The van der Waals surface area contributed by atoms with Gasteiger partial charge in [-0.1, -0.05) is 47.7 Å². The molecule has 0 aliphatic carbocycles. The molecule has 24 heavy (non-hydrogen) atoms. The number of carbonyl (C=O) groups excluding carboxylic acids is 2. The predicted molar refractivity (Wildman–Crippen MR) is 86.2 cm³/mol. The lowest BCUT2D eigenvalue weighted by atomic mass is 10.1. The van der Waals surface area contributed by atoms with E-state index in [1.54, 1.807) is 35.1 Å². The molecule has 0 N–H and O–H groups in total. The van der Waals surface area contributed by atoms with Crippen LogP contribution in [0.5, 0.6) is 0 Å². The predicted octanol–water partition coefficient (Wildman–Crippen LogP) is 2.12. The molecule has 2 aromatic carbocycles. The summed E-state index contributed by atoms with van der Waals surface area (Å²) in [6.07, 6.45) is 1.76. The van der Waals surface area contributed by atoms with E-state index in [1.807, 2.05) is 30.3 Å². The zero-order chi connectivity index (χ0) is 16.5. The third kappa shape index (κ3) is 2.48. The van der Waals surface area contributed by atoms with Crippen LogP contribution in [0.2, 0.25) is 0 Å². The maximum Gasteiger partial charge on any atom is 0.261 e. The van der Waals surface area contributed by atoms with Gasteiger partial charge < -0.3 is 0 Å². The summed E-state index contributed by atoms with van der Waals surface area (Å²) in [6.45, 7) is 0.719. The van der Waals surface area contributed by atoms with Crippen LogP contribution in [0.3, 0.4) is 0 Å². The molecule has 1 aliphatic rings. The fourth-order valence-corrected chi connectivity index (χ4v) is 2.80. The highest BCUT2D eigenvalue weighted by molar-refractivity contribution is 6.21. The van der Waals surface area contributed by atoms with E-state index in [0.29, 0.717) is 23.4 Å². The third-order valence-corrected chi connectivity index (χ3v) is 3.97. The van der Waals surface area contributed by atoms with Crippen molar-refractivity contribution in [2.75, 3.05) is 0 Å². The van der Waals surface area contributed by atoms with Crippen LogP contribution >= 0.6 is 0 Å². The Labute approximate surface area is 138 Å². The van der Waals surface area contributed by atoms with Crippen molar-refractivity contribution in [1.82, 2.24) is 19.9 Å². The first-order chi connectivity index (χ1) is 11.7. The molecule has 3 aromatic rings. The van der Waals surface area contributed by atoms with E-state index in [2.05, 4.69) is 10.3 Å². The van der Waals surface area contributed by atoms with Crippen molar-refractivity contribution in [1.29, 1.82) is 0 Å². The SMILES string of the molecule is O=C1c2ccccc2C(=O)N1Cc1cn(Cc2ccccc2)nn1. The standard InChI is InChI=1S/C18H14N4O2/c23-17-15-8-4-5-9-16(15)18(24)22(17)12-14-11-21(20-19-14)10-13-6-2-1-3-7-13/h1-9,11H,10,12H2. The summed E-state index contributed by atoms with van der Waals surface area (Å²) in [7, 11) is 0. The van der Waals surface area contributed by atoms with Crippen LogP contribution in [0.25, 0.3) is 0 Å². The molecule has 0 atom stereocenters. The van der Waals surface area contributed by atoms with Crippen LogP contribution in [0, 0.1) is 0 Å². The summed E-state index contributed by atoms with van der Waals surface area (Å²) >= 11 is 0. The summed E-state index contributed by atoms with van der Waals surface area (Å²) in [4.78, 5) is 25.9. The van der Waals surface area contributed by atoms with Crippen LogP contribution in [0.4, 0.5) is 0 Å². The van der Waals surface area contributed by atoms with E-state index in [0.717, 1.165) is 5.56 Å². The summed E-state index contributed by atoms with van der Waals surface area (Å²) in [5.41, 5.74) is 2.58. The Morgan fingerprint density at radius 3 is 2.08 bits per heavy atom. The van der Waals surface area contributed by atoms with E-state index in [-0.39, 0.29) is 18.4 Å². The van der Waals surface area contributed by atoms with Gasteiger partial charge in [-0.15, -0.1) is 5.10 Å². The maximum atomic E-state index is 12.4. The van der Waals surface area contributed by atoms with Crippen molar-refractivity contribution in [3.05, 3.63) is 83.2 Å². The van der Waals surface area contributed by atoms with Crippen molar-refractivity contribution in [3.63, 3.8) is 0 Å². The Hall–Kier alpha value is -3.28. The Kier molecular flexibility index (Phi) is 3.42. The summed E-state index contributed by atoms with van der Waals surface area (Å²) in [6, 6.07) is 16.7. The number of amides is 2. The Balaban J connectivity index is 1.51. The molecule has 0 saturated carbocycles. The lowest BCUT2D eigenvalue weighted by molar-refractivity contribution is 0.0640. The largest absolute Gasteiger partial charge is 0.269 e. The van der Waals surface area contributed by atoms with Crippen molar-refractivity contribution in [2.45, 2.75) is 13.1 Å². The Morgan fingerprint density at radius 1 is 0.792 bits per heavy atom. The average molecular weight is 318 g/mol. The van der Waals surface area contributed by atoms with Crippen LogP contribution in [0.1, 0.15) is 32.0 Å². The number of hydrogen-bond acceptors (Lipinski definition) is 4. The van der Waals surface area contributed by atoms with Gasteiger partial charge in [0, 0.05) is 0 Å². The minimum absolute atomic E-state index is 0.126. The monoisotopic (exact) mass is 318 g/mol. The van der Waals surface area contributed by atoms with Gasteiger partial charge in [0.15, 0.2) is 0 Å². The zero-order valence-electron chi connectivity index (χ0n) is 12.8. The lowest BCUT2D eigenvalue weighted by Gasteiger charge is -2.11. The zero-order valence-corrected chi connectivity index (χ0v) is 12.8. The first-order valence-corrected chi connectivity index (χ1v) is 7.60. The highest BCUT2D eigenvalue weighted by atomic mass is 16.2. The van der Waals surface area contributed by atoms with Gasteiger partial charge in [-0.2, -0.15) is 0 Å². The van der Waals surface area contributed by atoms with Crippen molar-refractivity contribution < 1.29 is 9.59 Å². The van der Waals surface area contributed by atoms with E-state index < -0.39 is 0 Å². The molecule has 2 amide bonds. The van der Waals surface area contributed by atoms with Gasteiger partial charge in [0.05, 0.1) is 30.4 Å². The van der Waals surface area contributed by atoms with Gasteiger partial charge in [0.2, 0.25) is 0 Å². The molecule has 0 unspecified atom stereocenters. The number of fused-ring (bicyclic) bond motifs is 1. The maximum absolute atomic E-state index is 12.4. The van der Waals surface area contributed by atoms with Gasteiger partial charge in [-0.25, -0.2) is 4.68 Å². The molecule has 6 nitrogen and oxygen atoms in total. The highest BCUT2D eigenvalue weighted by Gasteiger charge is 2.35. The fraction of sp³-hybridized carbons (Fsp3) is 0.111. The second-order valence-corrected chi connectivity index (χ2v) is 5.64. The molecule has 0 bridgehead atoms.